The lowest BCUT2D eigenvalue weighted by atomic mass is 10.0. The summed E-state index contributed by atoms with van der Waals surface area (Å²) in [5.74, 6) is 0.895. The topological polar surface area (TPSA) is 41.9 Å². The second-order valence-electron chi connectivity index (χ2n) is 5.06. The Morgan fingerprint density at radius 3 is 3.00 bits per heavy atom. The van der Waals surface area contributed by atoms with E-state index in [1.54, 1.807) is 0 Å². The largest absolute Gasteiger partial charge is 0.472 e. The first-order valence-corrected chi connectivity index (χ1v) is 6.52. The molecule has 1 aromatic carbocycles. The lowest BCUT2D eigenvalue weighted by Crippen LogP contribution is -2.55. The van der Waals surface area contributed by atoms with E-state index in [1.807, 2.05) is 24.3 Å². The monoisotopic (exact) mass is 249 g/mol. The van der Waals surface area contributed by atoms with Gasteiger partial charge in [-0.2, -0.15) is 0 Å². The highest BCUT2D eigenvalue weighted by molar-refractivity contribution is 5.35. The Kier molecular flexibility index (Phi) is 3.24. The van der Waals surface area contributed by atoms with Gasteiger partial charge in [0.15, 0.2) is 6.23 Å². The molecule has 3 atom stereocenters. The van der Waals surface area contributed by atoms with Crippen molar-refractivity contribution >= 4 is 0 Å². The first-order chi connectivity index (χ1) is 8.74. The molecular formula is C14H19NO3. The molecule has 4 heteroatoms. The first-order valence-electron chi connectivity index (χ1n) is 6.52. The van der Waals surface area contributed by atoms with Gasteiger partial charge in [0.2, 0.25) is 0 Å². The third kappa shape index (κ3) is 2.23. The van der Waals surface area contributed by atoms with Crippen molar-refractivity contribution in [2.75, 3.05) is 19.7 Å². The van der Waals surface area contributed by atoms with Gasteiger partial charge < -0.3 is 14.6 Å². The molecule has 2 aliphatic rings. The summed E-state index contributed by atoms with van der Waals surface area (Å²) in [4.78, 5) is 2.18. The van der Waals surface area contributed by atoms with Gasteiger partial charge in [-0.15, -0.1) is 0 Å². The van der Waals surface area contributed by atoms with Crippen LogP contribution in [0.25, 0.3) is 0 Å². The van der Waals surface area contributed by atoms with Crippen molar-refractivity contribution in [2.45, 2.75) is 31.8 Å². The number of hydrogen-bond acceptors (Lipinski definition) is 4. The molecule has 0 aromatic heterocycles. The van der Waals surface area contributed by atoms with E-state index in [4.69, 9.17) is 9.47 Å². The predicted molar refractivity (Wildman–Crippen MR) is 67.6 cm³/mol. The van der Waals surface area contributed by atoms with Gasteiger partial charge in [0.1, 0.15) is 11.9 Å². The zero-order valence-electron chi connectivity index (χ0n) is 10.6. The molecule has 0 bridgehead atoms. The second-order valence-corrected chi connectivity index (χ2v) is 5.06. The summed E-state index contributed by atoms with van der Waals surface area (Å²) in [5.41, 5.74) is 1.09. The van der Waals surface area contributed by atoms with Crippen LogP contribution in [0.4, 0.5) is 0 Å². The fourth-order valence-corrected chi connectivity index (χ4v) is 2.72. The number of nitrogens with zero attached hydrogens (tertiary/aromatic N) is 1. The second kappa shape index (κ2) is 4.88. The van der Waals surface area contributed by atoms with Crippen LogP contribution in [0.1, 0.15) is 12.5 Å². The Bertz CT molecular complexity index is 423. The maximum atomic E-state index is 10.2. The summed E-state index contributed by atoms with van der Waals surface area (Å²) >= 11 is 0. The van der Waals surface area contributed by atoms with Crippen molar-refractivity contribution in [3.8, 4) is 5.75 Å². The molecule has 2 unspecified atom stereocenters. The Balaban J connectivity index is 1.78. The SMILES string of the molecule is CC1CN([C@@H]2Oc3ccccc3CC2O)CCO1. The number of rotatable bonds is 1. The molecule has 0 saturated carbocycles. The lowest BCUT2D eigenvalue weighted by Gasteiger charge is -2.41. The number of aliphatic hydroxyl groups is 1. The highest BCUT2D eigenvalue weighted by Crippen LogP contribution is 2.29. The van der Waals surface area contributed by atoms with Crippen LogP contribution in [0.5, 0.6) is 5.75 Å². The molecule has 1 N–H and O–H groups in total. The quantitative estimate of drug-likeness (QED) is 0.807. The van der Waals surface area contributed by atoms with Crippen LogP contribution in [0, 0.1) is 0 Å². The number of hydrogen-bond donors (Lipinski definition) is 1. The Labute approximate surface area is 107 Å². The first kappa shape index (κ1) is 12.0. The number of benzene rings is 1. The van der Waals surface area contributed by atoms with Crippen molar-refractivity contribution in [3.63, 3.8) is 0 Å². The average Bonchev–Trinajstić information content (AvgIpc) is 2.38. The minimum atomic E-state index is -0.467. The molecule has 3 rings (SSSR count). The number of para-hydroxylation sites is 1. The Morgan fingerprint density at radius 2 is 2.17 bits per heavy atom. The van der Waals surface area contributed by atoms with E-state index < -0.39 is 6.10 Å². The van der Waals surface area contributed by atoms with Crippen molar-refractivity contribution < 1.29 is 14.6 Å². The average molecular weight is 249 g/mol. The van der Waals surface area contributed by atoms with Gasteiger partial charge >= 0.3 is 0 Å². The molecular weight excluding hydrogens is 230 g/mol. The molecule has 2 heterocycles. The van der Waals surface area contributed by atoms with Gasteiger partial charge in [0.05, 0.1) is 12.7 Å². The molecule has 1 fully saturated rings. The van der Waals surface area contributed by atoms with E-state index in [9.17, 15) is 5.11 Å². The number of morpholine rings is 1. The highest BCUT2D eigenvalue weighted by Gasteiger charge is 2.35. The Morgan fingerprint density at radius 1 is 1.33 bits per heavy atom. The lowest BCUT2D eigenvalue weighted by molar-refractivity contribution is -0.124. The van der Waals surface area contributed by atoms with Gasteiger partial charge in [-0.25, -0.2) is 0 Å². The van der Waals surface area contributed by atoms with Crippen molar-refractivity contribution in [1.29, 1.82) is 0 Å². The minimum Gasteiger partial charge on any atom is -0.472 e. The van der Waals surface area contributed by atoms with Crippen molar-refractivity contribution in [2.24, 2.45) is 0 Å². The van der Waals surface area contributed by atoms with Gasteiger partial charge in [-0.3, -0.25) is 4.90 Å². The zero-order chi connectivity index (χ0) is 12.5. The van der Waals surface area contributed by atoms with Crippen LogP contribution in [-0.2, 0) is 11.2 Å². The third-order valence-corrected chi connectivity index (χ3v) is 3.61. The van der Waals surface area contributed by atoms with E-state index in [0.717, 1.165) is 24.4 Å². The van der Waals surface area contributed by atoms with E-state index in [-0.39, 0.29) is 12.3 Å². The van der Waals surface area contributed by atoms with E-state index in [1.165, 1.54) is 0 Å². The zero-order valence-corrected chi connectivity index (χ0v) is 10.6. The third-order valence-electron chi connectivity index (χ3n) is 3.61. The maximum Gasteiger partial charge on any atom is 0.179 e. The summed E-state index contributed by atoms with van der Waals surface area (Å²) in [5, 5.41) is 10.2. The number of ether oxygens (including phenoxy) is 2. The van der Waals surface area contributed by atoms with Crippen LogP contribution in [0.3, 0.4) is 0 Å². The molecule has 0 spiro atoms. The molecule has 0 radical (unpaired) electrons. The highest BCUT2D eigenvalue weighted by atomic mass is 16.5. The maximum absolute atomic E-state index is 10.2. The summed E-state index contributed by atoms with van der Waals surface area (Å²) in [6, 6.07) is 7.93. The van der Waals surface area contributed by atoms with E-state index in [2.05, 4.69) is 11.8 Å². The smallest absolute Gasteiger partial charge is 0.179 e. The van der Waals surface area contributed by atoms with E-state index >= 15 is 0 Å². The van der Waals surface area contributed by atoms with Gasteiger partial charge in [0.25, 0.3) is 0 Å². The van der Waals surface area contributed by atoms with Crippen LogP contribution in [0.2, 0.25) is 0 Å². The standard InChI is InChI=1S/C14H19NO3/c1-10-9-15(6-7-17-10)14-12(16)8-11-4-2-3-5-13(11)18-14/h2-5,10,12,14,16H,6-9H2,1H3/t10?,12?,14-/m1/s1. The molecule has 4 nitrogen and oxygen atoms in total. The fraction of sp³-hybridized carbons (Fsp3) is 0.571. The van der Waals surface area contributed by atoms with Gasteiger partial charge in [0, 0.05) is 19.5 Å². The van der Waals surface area contributed by atoms with Crippen molar-refractivity contribution in [3.05, 3.63) is 29.8 Å². The molecule has 1 saturated heterocycles. The number of aliphatic hydroxyl groups excluding tert-OH is 1. The summed E-state index contributed by atoms with van der Waals surface area (Å²) in [6.07, 6.45) is 0.148. The van der Waals surface area contributed by atoms with Gasteiger partial charge in [-0.05, 0) is 18.6 Å². The van der Waals surface area contributed by atoms with Crippen LogP contribution in [0.15, 0.2) is 24.3 Å². The molecule has 0 amide bonds. The van der Waals surface area contributed by atoms with Gasteiger partial charge in [-0.1, -0.05) is 18.2 Å². The molecule has 2 aliphatic heterocycles. The minimum absolute atomic E-state index is 0.201. The van der Waals surface area contributed by atoms with Crippen molar-refractivity contribution in [1.82, 2.24) is 4.90 Å². The van der Waals surface area contributed by atoms with Crippen LogP contribution < -0.4 is 4.74 Å². The normalized spacial score (nSPS) is 32.7. The molecule has 1 aromatic rings. The van der Waals surface area contributed by atoms with Crippen LogP contribution in [-0.4, -0.2) is 48.1 Å². The molecule has 18 heavy (non-hydrogen) atoms. The number of fused-ring (bicyclic) bond motifs is 1. The summed E-state index contributed by atoms with van der Waals surface area (Å²) < 4.78 is 11.5. The fourth-order valence-electron chi connectivity index (χ4n) is 2.72. The Hall–Kier alpha value is -1.10. The summed E-state index contributed by atoms with van der Waals surface area (Å²) in [7, 11) is 0. The molecule has 98 valence electrons. The van der Waals surface area contributed by atoms with E-state index in [0.29, 0.717) is 13.0 Å². The molecule has 0 aliphatic carbocycles. The summed E-state index contributed by atoms with van der Waals surface area (Å²) in [6.45, 7) is 4.38. The predicted octanol–water partition coefficient (Wildman–Crippen LogP) is 1.03. The van der Waals surface area contributed by atoms with Crippen LogP contribution >= 0.6 is 0 Å².